The highest BCUT2D eigenvalue weighted by Gasteiger charge is 2.29. The summed E-state index contributed by atoms with van der Waals surface area (Å²) in [5.41, 5.74) is 2.79. The van der Waals surface area contributed by atoms with E-state index in [1.54, 1.807) is 0 Å². The van der Waals surface area contributed by atoms with Crippen LogP contribution in [-0.4, -0.2) is 28.4 Å². The van der Waals surface area contributed by atoms with Gasteiger partial charge in [-0.25, -0.2) is 4.39 Å². The van der Waals surface area contributed by atoms with E-state index in [1.807, 2.05) is 16.8 Å². The van der Waals surface area contributed by atoms with E-state index in [4.69, 9.17) is 9.84 Å². The van der Waals surface area contributed by atoms with Gasteiger partial charge in [0, 0.05) is 17.6 Å². The lowest BCUT2D eigenvalue weighted by atomic mass is 10.1. The Hall–Kier alpha value is -2.73. The number of carbonyl (C=O) groups excluding carboxylic acids is 1. The van der Waals surface area contributed by atoms with Crippen LogP contribution in [0, 0.1) is 5.82 Å². The third kappa shape index (κ3) is 3.29. The molecule has 1 amide bonds. The molecule has 1 saturated carbocycles. The zero-order valence-electron chi connectivity index (χ0n) is 15.5. The number of nitrogens with one attached hydrogen (secondary N) is 1. The van der Waals surface area contributed by atoms with Crippen molar-refractivity contribution >= 4 is 22.6 Å². The molecule has 0 bridgehead atoms. The predicted octanol–water partition coefficient (Wildman–Crippen LogP) is 4.48. The van der Waals surface area contributed by atoms with E-state index in [0.717, 1.165) is 30.4 Å². The molecule has 1 N–H and O–H groups in total. The summed E-state index contributed by atoms with van der Waals surface area (Å²) in [7, 11) is 0. The van der Waals surface area contributed by atoms with Gasteiger partial charge in [-0.15, -0.1) is 0 Å². The number of benzene rings is 2. The normalized spacial score (nSPS) is 19.2. The summed E-state index contributed by atoms with van der Waals surface area (Å²) in [4.78, 5) is 12.6. The van der Waals surface area contributed by atoms with Gasteiger partial charge in [-0.05, 0) is 67.5 Å². The molecule has 1 saturated heterocycles. The number of ether oxygens (including phenoxy) is 1. The van der Waals surface area contributed by atoms with E-state index < -0.39 is 0 Å². The van der Waals surface area contributed by atoms with Crippen LogP contribution in [0.25, 0.3) is 10.9 Å². The molecule has 5 nitrogen and oxygen atoms in total. The summed E-state index contributed by atoms with van der Waals surface area (Å²) in [5, 5.41) is 8.60. The number of hydrogen-bond donors (Lipinski definition) is 1. The van der Waals surface area contributed by atoms with Gasteiger partial charge < -0.3 is 10.1 Å². The van der Waals surface area contributed by atoms with Gasteiger partial charge in [-0.1, -0.05) is 12.1 Å². The number of amides is 1. The zero-order chi connectivity index (χ0) is 19.1. The number of halogens is 1. The summed E-state index contributed by atoms with van der Waals surface area (Å²) < 4.78 is 21.0. The maximum Gasteiger partial charge on any atom is 0.256 e. The summed E-state index contributed by atoms with van der Waals surface area (Å²) >= 11 is 0. The predicted molar refractivity (Wildman–Crippen MR) is 105 cm³/mol. The maximum atomic E-state index is 13.1. The van der Waals surface area contributed by atoms with Crippen LogP contribution < -0.4 is 5.32 Å². The lowest BCUT2D eigenvalue weighted by Gasteiger charge is -2.12. The first-order valence-corrected chi connectivity index (χ1v) is 9.87. The molecule has 5 rings (SSSR count). The van der Waals surface area contributed by atoms with Crippen molar-refractivity contribution < 1.29 is 13.9 Å². The van der Waals surface area contributed by atoms with Crippen LogP contribution in [0.15, 0.2) is 42.5 Å². The first-order valence-electron chi connectivity index (χ1n) is 9.87. The van der Waals surface area contributed by atoms with Crippen molar-refractivity contribution in [2.24, 2.45) is 0 Å². The molecule has 1 aromatic heterocycles. The minimum absolute atomic E-state index is 0.163. The Kier molecular flexibility index (Phi) is 4.36. The van der Waals surface area contributed by atoms with Crippen molar-refractivity contribution in [1.82, 2.24) is 9.78 Å². The van der Waals surface area contributed by atoms with Crippen LogP contribution in [0.3, 0.4) is 0 Å². The molecule has 28 heavy (non-hydrogen) atoms. The molecular formula is C22H22FN3O2. The number of hydrogen-bond acceptors (Lipinski definition) is 3. The van der Waals surface area contributed by atoms with Crippen LogP contribution in [0.1, 0.15) is 47.5 Å². The molecule has 1 atom stereocenters. The molecule has 2 aromatic carbocycles. The highest BCUT2D eigenvalue weighted by molar-refractivity contribution is 6.08. The van der Waals surface area contributed by atoms with Crippen molar-refractivity contribution in [3.63, 3.8) is 0 Å². The van der Waals surface area contributed by atoms with E-state index in [2.05, 4.69) is 11.4 Å². The van der Waals surface area contributed by atoms with Gasteiger partial charge in [-0.3, -0.25) is 9.48 Å². The Labute approximate surface area is 162 Å². The second-order valence-corrected chi connectivity index (χ2v) is 7.64. The molecule has 1 aliphatic carbocycles. The molecule has 0 spiro atoms. The molecule has 0 radical (unpaired) electrons. The van der Waals surface area contributed by atoms with E-state index in [9.17, 15) is 9.18 Å². The number of fused-ring (bicyclic) bond motifs is 1. The quantitative estimate of drug-likeness (QED) is 0.711. The van der Waals surface area contributed by atoms with Crippen molar-refractivity contribution in [2.45, 2.75) is 44.2 Å². The summed E-state index contributed by atoms with van der Waals surface area (Å²) in [6.45, 7) is 1.49. The van der Waals surface area contributed by atoms with Gasteiger partial charge in [0.2, 0.25) is 0 Å². The van der Waals surface area contributed by atoms with Crippen molar-refractivity contribution in [3.8, 4) is 0 Å². The molecular weight excluding hydrogens is 357 g/mol. The highest BCUT2D eigenvalue weighted by atomic mass is 19.1. The Morgan fingerprint density at radius 1 is 1.18 bits per heavy atom. The average molecular weight is 379 g/mol. The van der Waals surface area contributed by atoms with E-state index in [0.29, 0.717) is 23.8 Å². The van der Waals surface area contributed by atoms with E-state index >= 15 is 0 Å². The molecule has 1 unspecified atom stereocenters. The second kappa shape index (κ2) is 7.02. The van der Waals surface area contributed by atoms with Crippen molar-refractivity contribution in [1.29, 1.82) is 0 Å². The second-order valence-electron chi connectivity index (χ2n) is 7.64. The number of nitrogens with zero attached hydrogens (tertiary/aromatic N) is 2. The van der Waals surface area contributed by atoms with Gasteiger partial charge in [0.05, 0.1) is 18.2 Å². The fourth-order valence-corrected chi connectivity index (χ4v) is 3.98. The van der Waals surface area contributed by atoms with Gasteiger partial charge in [0.15, 0.2) is 5.82 Å². The van der Waals surface area contributed by atoms with E-state index in [1.165, 1.54) is 42.7 Å². The first kappa shape index (κ1) is 17.4. The minimum Gasteiger partial charge on any atom is -0.376 e. The van der Waals surface area contributed by atoms with Gasteiger partial charge in [-0.2, -0.15) is 5.10 Å². The number of carbonyl (C=O) groups is 1. The van der Waals surface area contributed by atoms with Gasteiger partial charge in [0.1, 0.15) is 5.82 Å². The Morgan fingerprint density at radius 2 is 2.00 bits per heavy atom. The summed E-state index contributed by atoms with van der Waals surface area (Å²) in [6, 6.07) is 11.7. The Morgan fingerprint density at radius 3 is 2.71 bits per heavy atom. The molecule has 2 fully saturated rings. The summed E-state index contributed by atoms with van der Waals surface area (Å²) in [6.07, 6.45) is 4.66. The molecule has 3 aromatic rings. The van der Waals surface area contributed by atoms with Crippen LogP contribution in [-0.2, 0) is 11.3 Å². The topological polar surface area (TPSA) is 56.2 Å². The lowest BCUT2D eigenvalue weighted by Crippen LogP contribution is -2.17. The Bertz CT molecular complexity index is 1020. The monoisotopic (exact) mass is 379 g/mol. The van der Waals surface area contributed by atoms with E-state index in [-0.39, 0.29) is 17.8 Å². The number of rotatable bonds is 5. The third-order valence-corrected chi connectivity index (χ3v) is 5.56. The van der Waals surface area contributed by atoms with Crippen LogP contribution in [0.4, 0.5) is 10.2 Å². The van der Waals surface area contributed by atoms with Crippen molar-refractivity contribution in [3.05, 3.63) is 59.4 Å². The van der Waals surface area contributed by atoms with Crippen LogP contribution in [0.2, 0.25) is 0 Å². The molecule has 1 aliphatic heterocycles. The van der Waals surface area contributed by atoms with Crippen molar-refractivity contribution in [2.75, 3.05) is 11.9 Å². The van der Waals surface area contributed by atoms with Gasteiger partial charge in [0.25, 0.3) is 5.91 Å². The van der Waals surface area contributed by atoms with Gasteiger partial charge >= 0.3 is 0 Å². The minimum atomic E-state index is -0.364. The van der Waals surface area contributed by atoms with Crippen LogP contribution in [0.5, 0.6) is 0 Å². The largest absolute Gasteiger partial charge is 0.376 e. The first-order chi connectivity index (χ1) is 13.7. The number of anilines is 1. The molecule has 144 valence electrons. The van der Waals surface area contributed by atoms with Crippen LogP contribution >= 0.6 is 0 Å². The zero-order valence-corrected chi connectivity index (χ0v) is 15.5. The molecule has 2 aliphatic rings. The maximum absolute atomic E-state index is 13.1. The molecule has 2 heterocycles. The Balaban J connectivity index is 1.52. The standard InChI is InChI=1S/C22H22FN3O2/c23-16-10-8-15(9-11-16)22(27)24-21-19-5-1-4-18(14-6-7-14)20(19)26(25-21)13-17-3-2-12-28-17/h1,4-5,8-11,14,17H,2-3,6-7,12-13H2,(H,24,25,27). The number of para-hydroxylation sites is 1. The summed E-state index contributed by atoms with van der Waals surface area (Å²) in [5.74, 6) is 0.464. The average Bonchev–Trinajstić information content (AvgIpc) is 3.32. The fraction of sp³-hybridized carbons (Fsp3) is 0.364. The fourth-order valence-electron chi connectivity index (χ4n) is 3.98. The molecule has 6 heteroatoms. The smallest absolute Gasteiger partial charge is 0.256 e. The highest BCUT2D eigenvalue weighted by Crippen LogP contribution is 2.44. The SMILES string of the molecule is O=C(Nc1nn(CC2CCCO2)c2c(C3CC3)cccc12)c1ccc(F)cc1. The third-order valence-electron chi connectivity index (χ3n) is 5.56. The number of aromatic nitrogens is 2. The lowest BCUT2D eigenvalue weighted by molar-refractivity contribution is 0.0951.